The predicted molar refractivity (Wildman–Crippen MR) is 70.9 cm³/mol. The smallest absolute Gasteiger partial charge is 0.197 e. The van der Waals surface area contributed by atoms with Gasteiger partial charge in [-0.25, -0.2) is 4.39 Å². The molecule has 0 radical (unpaired) electrons. The lowest BCUT2D eigenvalue weighted by Crippen LogP contribution is -2.00. The summed E-state index contributed by atoms with van der Waals surface area (Å²) in [7, 11) is 4.60. The Morgan fingerprint density at radius 2 is 1.84 bits per heavy atom. The van der Waals surface area contributed by atoms with E-state index in [-0.39, 0.29) is 5.75 Å². The van der Waals surface area contributed by atoms with Gasteiger partial charge in [0.15, 0.2) is 17.3 Å². The Morgan fingerprint density at radius 3 is 2.32 bits per heavy atom. The summed E-state index contributed by atoms with van der Waals surface area (Å²) in [6.45, 7) is 1.78. The first-order valence-corrected chi connectivity index (χ1v) is 5.70. The van der Waals surface area contributed by atoms with Gasteiger partial charge in [-0.1, -0.05) is 0 Å². The van der Waals surface area contributed by atoms with Crippen molar-refractivity contribution in [3.63, 3.8) is 0 Å². The molecular formula is C13H16FN3O2. The number of ether oxygens (including phenoxy) is 2. The van der Waals surface area contributed by atoms with Crippen molar-refractivity contribution in [1.82, 2.24) is 9.78 Å². The first-order chi connectivity index (χ1) is 8.99. The molecule has 2 rings (SSSR count). The van der Waals surface area contributed by atoms with E-state index < -0.39 is 5.82 Å². The zero-order chi connectivity index (χ0) is 14.2. The standard InChI is InChI=1S/C13H16FN3O2/c1-7-5-8(14)12(18-3)13(19-4)11(7)9-6-10(15)17(2)16-9/h5-6H,15H2,1-4H3. The highest BCUT2D eigenvalue weighted by Crippen LogP contribution is 2.42. The van der Waals surface area contributed by atoms with Gasteiger partial charge in [-0.15, -0.1) is 0 Å². The van der Waals surface area contributed by atoms with Crippen LogP contribution in [0.15, 0.2) is 12.1 Å². The Balaban J connectivity index is 2.75. The first-order valence-electron chi connectivity index (χ1n) is 5.70. The molecule has 0 bridgehead atoms. The van der Waals surface area contributed by atoms with Crippen LogP contribution in [0.25, 0.3) is 11.3 Å². The number of nitrogens with zero attached hydrogens (tertiary/aromatic N) is 2. The molecule has 1 heterocycles. The second-order valence-electron chi connectivity index (χ2n) is 4.19. The van der Waals surface area contributed by atoms with Crippen LogP contribution in [-0.4, -0.2) is 24.0 Å². The summed E-state index contributed by atoms with van der Waals surface area (Å²) in [5.41, 5.74) is 7.77. The summed E-state index contributed by atoms with van der Waals surface area (Å²) in [6, 6.07) is 3.10. The van der Waals surface area contributed by atoms with E-state index >= 15 is 0 Å². The predicted octanol–water partition coefficient (Wildman–Crippen LogP) is 2.13. The number of nitrogen functional groups attached to an aromatic ring is 1. The Kier molecular flexibility index (Phi) is 3.33. The molecule has 0 saturated carbocycles. The van der Waals surface area contributed by atoms with Crippen molar-refractivity contribution in [2.24, 2.45) is 7.05 Å². The second-order valence-corrected chi connectivity index (χ2v) is 4.19. The molecule has 2 N–H and O–H groups in total. The van der Waals surface area contributed by atoms with Crippen LogP contribution in [0.4, 0.5) is 10.2 Å². The minimum atomic E-state index is -0.468. The number of anilines is 1. The van der Waals surface area contributed by atoms with E-state index in [0.717, 1.165) is 0 Å². The third-order valence-corrected chi connectivity index (χ3v) is 2.97. The minimum Gasteiger partial charge on any atom is -0.492 e. The molecule has 0 aliphatic heterocycles. The molecule has 6 heteroatoms. The molecule has 0 aliphatic carbocycles. The summed E-state index contributed by atoms with van der Waals surface area (Å²) in [5.74, 6) is 0.426. The highest BCUT2D eigenvalue weighted by Gasteiger charge is 2.21. The molecule has 1 aromatic carbocycles. The molecule has 2 aromatic rings. The van der Waals surface area contributed by atoms with Gasteiger partial charge in [-0.2, -0.15) is 5.10 Å². The quantitative estimate of drug-likeness (QED) is 0.923. The number of benzene rings is 1. The Bertz CT molecular complexity index is 603. The maximum Gasteiger partial charge on any atom is 0.197 e. The van der Waals surface area contributed by atoms with Crippen LogP contribution in [0.3, 0.4) is 0 Å². The highest BCUT2D eigenvalue weighted by atomic mass is 19.1. The molecule has 5 nitrogen and oxygen atoms in total. The van der Waals surface area contributed by atoms with Gasteiger partial charge in [-0.05, 0) is 18.6 Å². The lowest BCUT2D eigenvalue weighted by atomic mass is 10.0. The lowest BCUT2D eigenvalue weighted by molar-refractivity contribution is 0.338. The highest BCUT2D eigenvalue weighted by molar-refractivity contribution is 5.76. The number of rotatable bonds is 3. The fourth-order valence-corrected chi connectivity index (χ4v) is 2.04. The molecule has 19 heavy (non-hydrogen) atoms. The van der Waals surface area contributed by atoms with Gasteiger partial charge in [0.2, 0.25) is 0 Å². The van der Waals surface area contributed by atoms with Crippen LogP contribution in [0, 0.1) is 12.7 Å². The van der Waals surface area contributed by atoms with E-state index in [9.17, 15) is 4.39 Å². The molecule has 0 aliphatic rings. The van der Waals surface area contributed by atoms with Crippen LogP contribution in [0.1, 0.15) is 5.56 Å². The van der Waals surface area contributed by atoms with Gasteiger partial charge >= 0.3 is 0 Å². The zero-order valence-corrected chi connectivity index (χ0v) is 11.3. The topological polar surface area (TPSA) is 62.3 Å². The van der Waals surface area contributed by atoms with E-state index in [4.69, 9.17) is 15.2 Å². The van der Waals surface area contributed by atoms with E-state index in [1.165, 1.54) is 20.3 Å². The zero-order valence-electron chi connectivity index (χ0n) is 11.3. The lowest BCUT2D eigenvalue weighted by Gasteiger charge is -2.14. The van der Waals surface area contributed by atoms with Gasteiger partial charge in [0.25, 0.3) is 0 Å². The number of hydrogen-bond donors (Lipinski definition) is 1. The molecule has 1 aromatic heterocycles. The number of aryl methyl sites for hydroxylation is 2. The molecule has 0 amide bonds. The van der Waals surface area contributed by atoms with Gasteiger partial charge in [-0.3, -0.25) is 4.68 Å². The fourth-order valence-electron chi connectivity index (χ4n) is 2.04. The number of methoxy groups -OCH3 is 2. The van der Waals surface area contributed by atoms with Crippen LogP contribution < -0.4 is 15.2 Å². The van der Waals surface area contributed by atoms with Crippen molar-refractivity contribution in [1.29, 1.82) is 0 Å². The van der Waals surface area contributed by atoms with Crippen LogP contribution >= 0.6 is 0 Å². The van der Waals surface area contributed by atoms with Crippen molar-refractivity contribution >= 4 is 5.82 Å². The van der Waals surface area contributed by atoms with Crippen molar-refractivity contribution in [3.05, 3.63) is 23.5 Å². The summed E-state index contributed by atoms with van der Waals surface area (Å²) < 4.78 is 25.7. The molecule has 0 saturated heterocycles. The third kappa shape index (κ3) is 2.09. The summed E-state index contributed by atoms with van der Waals surface area (Å²) >= 11 is 0. The molecule has 0 spiro atoms. The third-order valence-electron chi connectivity index (χ3n) is 2.97. The number of aromatic nitrogens is 2. The Morgan fingerprint density at radius 1 is 1.21 bits per heavy atom. The molecular weight excluding hydrogens is 249 g/mol. The average Bonchev–Trinajstić information content (AvgIpc) is 2.68. The number of nitrogens with two attached hydrogens (primary N) is 1. The van der Waals surface area contributed by atoms with E-state index in [1.807, 2.05) is 0 Å². The van der Waals surface area contributed by atoms with Gasteiger partial charge in [0.05, 0.1) is 25.5 Å². The van der Waals surface area contributed by atoms with Crippen LogP contribution in [0.5, 0.6) is 11.5 Å². The molecule has 0 unspecified atom stereocenters. The Labute approximate surface area is 110 Å². The SMILES string of the molecule is COc1c(F)cc(C)c(-c2cc(N)n(C)n2)c1OC. The monoisotopic (exact) mass is 265 g/mol. The van der Waals surface area contributed by atoms with Crippen LogP contribution in [-0.2, 0) is 7.05 Å². The maximum atomic E-state index is 13.8. The van der Waals surface area contributed by atoms with E-state index in [2.05, 4.69) is 5.10 Å². The second kappa shape index (κ2) is 4.79. The number of halogens is 1. The summed E-state index contributed by atoms with van der Waals surface area (Å²) in [6.07, 6.45) is 0. The van der Waals surface area contributed by atoms with Crippen molar-refractivity contribution in [2.75, 3.05) is 20.0 Å². The first kappa shape index (κ1) is 13.2. The maximum absolute atomic E-state index is 13.8. The molecule has 102 valence electrons. The molecule has 0 fully saturated rings. The minimum absolute atomic E-state index is 0.0623. The van der Waals surface area contributed by atoms with Crippen LogP contribution in [0.2, 0.25) is 0 Å². The van der Waals surface area contributed by atoms with E-state index in [0.29, 0.717) is 28.4 Å². The van der Waals surface area contributed by atoms with Gasteiger partial charge < -0.3 is 15.2 Å². The van der Waals surface area contributed by atoms with Crippen molar-refractivity contribution in [3.8, 4) is 22.8 Å². The number of hydrogen-bond acceptors (Lipinski definition) is 4. The molecule has 0 atom stereocenters. The van der Waals surface area contributed by atoms with Crippen molar-refractivity contribution < 1.29 is 13.9 Å². The van der Waals surface area contributed by atoms with Crippen molar-refractivity contribution in [2.45, 2.75) is 6.92 Å². The van der Waals surface area contributed by atoms with Gasteiger partial charge in [0, 0.05) is 13.1 Å². The fraction of sp³-hybridized carbons (Fsp3) is 0.308. The van der Waals surface area contributed by atoms with E-state index in [1.54, 1.807) is 24.7 Å². The summed E-state index contributed by atoms with van der Waals surface area (Å²) in [4.78, 5) is 0. The largest absolute Gasteiger partial charge is 0.492 e. The Hall–Kier alpha value is -2.24. The normalized spacial score (nSPS) is 10.6. The summed E-state index contributed by atoms with van der Waals surface area (Å²) in [5, 5.41) is 4.29. The average molecular weight is 265 g/mol. The van der Waals surface area contributed by atoms with Gasteiger partial charge in [0.1, 0.15) is 5.82 Å².